The Bertz CT molecular complexity index is 477. The first kappa shape index (κ1) is 9.13. The maximum absolute atomic E-state index is 13.0. The Balaban J connectivity index is 2.79. The van der Waals surface area contributed by atoms with E-state index in [2.05, 4.69) is 11.9 Å². The Kier molecular flexibility index (Phi) is 2.20. The van der Waals surface area contributed by atoms with E-state index in [0.29, 0.717) is 0 Å². The highest BCUT2D eigenvalue weighted by atomic mass is 19.1. The molecule has 0 radical (unpaired) electrons. The topological polar surface area (TPSA) is 12.9 Å². The number of benzene rings is 1. The van der Waals surface area contributed by atoms with Crippen LogP contribution in [0.15, 0.2) is 24.4 Å². The van der Waals surface area contributed by atoms with E-state index in [0.717, 1.165) is 22.9 Å². The van der Waals surface area contributed by atoms with Crippen LogP contribution in [0.3, 0.4) is 0 Å². The first-order valence-electron chi connectivity index (χ1n) is 4.76. The minimum Gasteiger partial charge on any atom is -0.256 e. The second-order valence-electron chi connectivity index (χ2n) is 3.42. The van der Waals surface area contributed by atoms with E-state index in [4.69, 9.17) is 0 Å². The van der Waals surface area contributed by atoms with Crippen molar-refractivity contribution >= 4 is 10.9 Å². The van der Waals surface area contributed by atoms with Crippen molar-refractivity contribution in [3.8, 4) is 0 Å². The molecule has 0 saturated carbocycles. The van der Waals surface area contributed by atoms with Crippen LogP contribution in [0.1, 0.15) is 18.1 Å². The Labute approximate surface area is 82.6 Å². The molecule has 1 nitrogen and oxygen atoms in total. The zero-order valence-electron chi connectivity index (χ0n) is 8.34. The van der Waals surface area contributed by atoms with Crippen LogP contribution in [0.5, 0.6) is 0 Å². The molecule has 0 amide bonds. The molecule has 14 heavy (non-hydrogen) atoms. The van der Waals surface area contributed by atoms with Gasteiger partial charge in [0.05, 0.1) is 5.52 Å². The second-order valence-corrected chi connectivity index (χ2v) is 3.42. The number of pyridine rings is 1. The lowest BCUT2D eigenvalue weighted by molar-refractivity contribution is 0.629. The first-order valence-corrected chi connectivity index (χ1v) is 4.76. The van der Waals surface area contributed by atoms with Crippen molar-refractivity contribution in [1.82, 2.24) is 4.98 Å². The predicted molar refractivity (Wildman–Crippen MR) is 55.8 cm³/mol. The summed E-state index contributed by atoms with van der Waals surface area (Å²) in [7, 11) is 0. The van der Waals surface area contributed by atoms with E-state index in [1.165, 1.54) is 11.6 Å². The summed E-state index contributed by atoms with van der Waals surface area (Å²) in [5.74, 6) is -0.198. The number of halogens is 1. The number of aryl methyl sites for hydroxylation is 2. The Morgan fingerprint density at radius 2 is 2.14 bits per heavy atom. The summed E-state index contributed by atoms with van der Waals surface area (Å²) in [6.45, 7) is 4.09. The van der Waals surface area contributed by atoms with Gasteiger partial charge in [0.15, 0.2) is 0 Å². The van der Waals surface area contributed by atoms with Crippen LogP contribution in [0.2, 0.25) is 0 Å². The number of hydrogen-bond donors (Lipinski definition) is 0. The molecule has 0 N–H and O–H groups in total. The van der Waals surface area contributed by atoms with Crippen molar-refractivity contribution in [1.29, 1.82) is 0 Å². The molecule has 1 heterocycles. The molecule has 0 aliphatic heterocycles. The summed E-state index contributed by atoms with van der Waals surface area (Å²) in [5.41, 5.74) is 3.18. The molecule has 1 aromatic heterocycles. The summed E-state index contributed by atoms with van der Waals surface area (Å²) in [5, 5.41) is 0.921. The smallest absolute Gasteiger partial charge is 0.123 e. The normalized spacial score (nSPS) is 10.8. The van der Waals surface area contributed by atoms with Crippen molar-refractivity contribution in [2.24, 2.45) is 0 Å². The van der Waals surface area contributed by atoms with E-state index < -0.39 is 0 Å². The molecule has 0 unspecified atom stereocenters. The molecule has 0 aliphatic rings. The maximum Gasteiger partial charge on any atom is 0.123 e. The van der Waals surface area contributed by atoms with Gasteiger partial charge in [-0.1, -0.05) is 6.92 Å². The minimum atomic E-state index is -0.198. The number of hydrogen-bond acceptors (Lipinski definition) is 1. The summed E-state index contributed by atoms with van der Waals surface area (Å²) in [6, 6.07) is 4.72. The summed E-state index contributed by atoms with van der Waals surface area (Å²) in [6.07, 6.45) is 2.81. The lowest BCUT2D eigenvalue weighted by Gasteiger charge is -2.06. The molecule has 0 bridgehead atoms. The monoisotopic (exact) mass is 189 g/mol. The van der Waals surface area contributed by atoms with Gasteiger partial charge in [-0.15, -0.1) is 0 Å². The molecule has 72 valence electrons. The maximum atomic E-state index is 13.0. The molecule has 1 aromatic carbocycles. The highest BCUT2D eigenvalue weighted by Crippen LogP contribution is 2.20. The van der Waals surface area contributed by atoms with Gasteiger partial charge < -0.3 is 0 Å². The van der Waals surface area contributed by atoms with Crippen molar-refractivity contribution in [2.45, 2.75) is 20.3 Å². The van der Waals surface area contributed by atoms with Crippen molar-refractivity contribution < 1.29 is 4.39 Å². The fourth-order valence-corrected chi connectivity index (χ4v) is 1.69. The van der Waals surface area contributed by atoms with Crippen LogP contribution in [0.4, 0.5) is 4.39 Å². The quantitative estimate of drug-likeness (QED) is 0.671. The Morgan fingerprint density at radius 3 is 2.86 bits per heavy atom. The third-order valence-electron chi connectivity index (χ3n) is 2.58. The predicted octanol–water partition coefficient (Wildman–Crippen LogP) is 3.24. The van der Waals surface area contributed by atoms with Crippen LogP contribution in [0.25, 0.3) is 10.9 Å². The minimum absolute atomic E-state index is 0.198. The molecule has 0 spiro atoms. The SMILES string of the molecule is CCc1cnc2ccc(F)cc2c1C. The zero-order valence-corrected chi connectivity index (χ0v) is 8.34. The van der Waals surface area contributed by atoms with Crippen molar-refractivity contribution in [2.75, 3.05) is 0 Å². The van der Waals surface area contributed by atoms with Gasteiger partial charge in [-0.2, -0.15) is 0 Å². The fraction of sp³-hybridized carbons (Fsp3) is 0.250. The van der Waals surface area contributed by atoms with Crippen LogP contribution < -0.4 is 0 Å². The van der Waals surface area contributed by atoms with Crippen molar-refractivity contribution in [3.63, 3.8) is 0 Å². The third kappa shape index (κ3) is 1.37. The van der Waals surface area contributed by atoms with E-state index in [1.54, 1.807) is 12.1 Å². The van der Waals surface area contributed by atoms with E-state index >= 15 is 0 Å². The highest BCUT2D eigenvalue weighted by molar-refractivity contribution is 5.82. The van der Waals surface area contributed by atoms with Gasteiger partial charge in [0.25, 0.3) is 0 Å². The highest BCUT2D eigenvalue weighted by Gasteiger charge is 2.03. The van der Waals surface area contributed by atoms with Gasteiger partial charge in [-0.05, 0) is 42.7 Å². The van der Waals surface area contributed by atoms with Gasteiger partial charge in [0.1, 0.15) is 5.82 Å². The molecular formula is C12H12FN. The van der Waals surface area contributed by atoms with E-state index in [-0.39, 0.29) is 5.82 Å². The molecule has 2 heteroatoms. The first-order chi connectivity index (χ1) is 6.72. The van der Waals surface area contributed by atoms with Crippen LogP contribution >= 0.6 is 0 Å². The third-order valence-corrected chi connectivity index (χ3v) is 2.58. The summed E-state index contributed by atoms with van der Waals surface area (Å²) >= 11 is 0. The van der Waals surface area contributed by atoms with Crippen LogP contribution in [0, 0.1) is 12.7 Å². The van der Waals surface area contributed by atoms with Crippen molar-refractivity contribution in [3.05, 3.63) is 41.3 Å². The van der Waals surface area contributed by atoms with Gasteiger partial charge in [-0.25, -0.2) is 4.39 Å². The summed E-state index contributed by atoms with van der Waals surface area (Å²) in [4.78, 5) is 4.29. The van der Waals surface area contributed by atoms with Gasteiger partial charge in [0.2, 0.25) is 0 Å². The zero-order chi connectivity index (χ0) is 10.1. The fourth-order valence-electron chi connectivity index (χ4n) is 1.69. The van der Waals surface area contributed by atoms with Gasteiger partial charge in [0, 0.05) is 11.6 Å². The Hall–Kier alpha value is -1.44. The van der Waals surface area contributed by atoms with Gasteiger partial charge in [-0.3, -0.25) is 4.98 Å². The molecule has 0 fully saturated rings. The van der Waals surface area contributed by atoms with E-state index in [1.807, 2.05) is 13.1 Å². The largest absolute Gasteiger partial charge is 0.256 e. The molecule has 2 aromatic rings. The number of aromatic nitrogens is 1. The Morgan fingerprint density at radius 1 is 1.36 bits per heavy atom. The average molecular weight is 189 g/mol. The number of fused-ring (bicyclic) bond motifs is 1. The summed E-state index contributed by atoms with van der Waals surface area (Å²) < 4.78 is 13.0. The standard InChI is InChI=1S/C12H12FN/c1-3-9-7-14-12-5-4-10(13)6-11(12)8(9)2/h4-7H,3H2,1-2H3. The molecule has 0 atom stereocenters. The lowest BCUT2D eigenvalue weighted by atomic mass is 10.0. The number of nitrogens with zero attached hydrogens (tertiary/aromatic N) is 1. The molecular weight excluding hydrogens is 177 g/mol. The molecule has 2 rings (SSSR count). The molecule has 0 saturated heterocycles. The van der Waals surface area contributed by atoms with Gasteiger partial charge >= 0.3 is 0 Å². The lowest BCUT2D eigenvalue weighted by Crippen LogP contribution is -1.91. The van der Waals surface area contributed by atoms with E-state index in [9.17, 15) is 4.39 Å². The molecule has 0 aliphatic carbocycles. The average Bonchev–Trinajstić information content (AvgIpc) is 2.20. The van der Waals surface area contributed by atoms with Crippen LogP contribution in [-0.4, -0.2) is 4.98 Å². The second kappa shape index (κ2) is 3.37. The number of rotatable bonds is 1. The van der Waals surface area contributed by atoms with Crippen LogP contribution in [-0.2, 0) is 6.42 Å².